The predicted octanol–water partition coefficient (Wildman–Crippen LogP) is 1.63. The minimum atomic E-state index is 0.00315. The fourth-order valence-electron chi connectivity index (χ4n) is 3.27. The lowest BCUT2D eigenvalue weighted by Crippen LogP contribution is -2.49. The minimum absolute atomic E-state index is 0.00315. The molecule has 0 radical (unpaired) electrons. The zero-order valence-electron chi connectivity index (χ0n) is 8.63. The summed E-state index contributed by atoms with van der Waals surface area (Å²) >= 11 is 0. The van der Waals surface area contributed by atoms with Gasteiger partial charge >= 0.3 is 0 Å². The monoisotopic (exact) mass is 182 g/mol. The third kappa shape index (κ3) is 2.05. The molecule has 0 aromatic heterocycles. The Bertz CT molecular complexity index is 177. The molecule has 0 aliphatic heterocycles. The summed E-state index contributed by atoms with van der Waals surface area (Å²) in [7, 11) is 0. The van der Waals surface area contributed by atoms with E-state index in [-0.39, 0.29) is 5.54 Å². The molecule has 3 aliphatic carbocycles. The first kappa shape index (κ1) is 9.47. The van der Waals surface area contributed by atoms with Crippen molar-refractivity contribution in [2.45, 2.75) is 57.0 Å². The van der Waals surface area contributed by atoms with Crippen molar-refractivity contribution >= 4 is 0 Å². The Morgan fingerprint density at radius 3 is 2.31 bits per heavy atom. The summed E-state index contributed by atoms with van der Waals surface area (Å²) < 4.78 is 0. The topological polar surface area (TPSA) is 52.0 Å². The summed E-state index contributed by atoms with van der Waals surface area (Å²) in [6, 6.07) is 0.358. The molecule has 2 atom stereocenters. The number of nitrogens with two attached hydrogens (primary N) is 2. The number of fused-ring (bicyclic) bond motifs is 5. The number of hydrogen-bond donors (Lipinski definition) is 2. The fourth-order valence-corrected chi connectivity index (χ4v) is 3.27. The van der Waals surface area contributed by atoms with Gasteiger partial charge in [0.25, 0.3) is 0 Å². The minimum Gasteiger partial charge on any atom is -0.327 e. The van der Waals surface area contributed by atoms with Crippen molar-refractivity contribution in [1.29, 1.82) is 0 Å². The molecule has 3 fully saturated rings. The van der Waals surface area contributed by atoms with E-state index >= 15 is 0 Å². The van der Waals surface area contributed by atoms with Crippen LogP contribution in [0.3, 0.4) is 0 Å². The SMILES string of the molecule is CC1(N)CC2CCC(CC2)C(N)C1. The maximum absolute atomic E-state index is 6.24. The van der Waals surface area contributed by atoms with Gasteiger partial charge in [-0.3, -0.25) is 0 Å². The van der Waals surface area contributed by atoms with Gasteiger partial charge in [0.15, 0.2) is 0 Å². The Labute approximate surface area is 81.1 Å². The Hall–Kier alpha value is -0.0800. The van der Waals surface area contributed by atoms with Gasteiger partial charge in [-0.1, -0.05) is 12.8 Å². The van der Waals surface area contributed by atoms with Crippen molar-refractivity contribution in [3.63, 3.8) is 0 Å². The molecular formula is C11H22N2. The van der Waals surface area contributed by atoms with Gasteiger partial charge in [-0.15, -0.1) is 0 Å². The van der Waals surface area contributed by atoms with Crippen LogP contribution in [0.15, 0.2) is 0 Å². The van der Waals surface area contributed by atoms with Crippen LogP contribution in [0, 0.1) is 11.8 Å². The Morgan fingerprint density at radius 2 is 1.69 bits per heavy atom. The van der Waals surface area contributed by atoms with Gasteiger partial charge in [0, 0.05) is 11.6 Å². The van der Waals surface area contributed by atoms with E-state index in [1.807, 2.05) is 0 Å². The van der Waals surface area contributed by atoms with E-state index in [2.05, 4.69) is 6.92 Å². The lowest BCUT2D eigenvalue weighted by Gasteiger charge is -2.42. The molecule has 0 aromatic rings. The van der Waals surface area contributed by atoms with E-state index in [1.54, 1.807) is 0 Å². The van der Waals surface area contributed by atoms with Gasteiger partial charge in [0.2, 0.25) is 0 Å². The smallest absolute Gasteiger partial charge is 0.0143 e. The van der Waals surface area contributed by atoms with Crippen molar-refractivity contribution in [1.82, 2.24) is 0 Å². The zero-order valence-corrected chi connectivity index (χ0v) is 8.63. The molecule has 2 heteroatoms. The van der Waals surface area contributed by atoms with Crippen LogP contribution in [0.4, 0.5) is 0 Å². The first-order valence-electron chi connectivity index (χ1n) is 5.61. The van der Waals surface area contributed by atoms with Crippen LogP contribution in [0.5, 0.6) is 0 Å². The molecule has 13 heavy (non-hydrogen) atoms. The van der Waals surface area contributed by atoms with E-state index < -0.39 is 0 Å². The average molecular weight is 182 g/mol. The van der Waals surface area contributed by atoms with Gasteiger partial charge in [0.1, 0.15) is 0 Å². The molecule has 3 rings (SSSR count). The van der Waals surface area contributed by atoms with Crippen LogP contribution in [0.25, 0.3) is 0 Å². The van der Waals surface area contributed by atoms with Gasteiger partial charge in [0.05, 0.1) is 0 Å². The lowest BCUT2D eigenvalue weighted by atomic mass is 9.68. The van der Waals surface area contributed by atoms with E-state index in [9.17, 15) is 0 Å². The van der Waals surface area contributed by atoms with Crippen molar-refractivity contribution in [3.05, 3.63) is 0 Å². The molecule has 3 aliphatic rings. The van der Waals surface area contributed by atoms with E-state index in [0.717, 1.165) is 18.3 Å². The normalized spacial score (nSPS) is 51.5. The molecule has 2 nitrogen and oxygen atoms in total. The second-order valence-electron chi connectivity index (χ2n) is 5.51. The highest BCUT2D eigenvalue weighted by molar-refractivity contribution is 4.94. The molecular weight excluding hydrogens is 160 g/mol. The number of rotatable bonds is 0. The van der Waals surface area contributed by atoms with E-state index in [1.165, 1.54) is 32.1 Å². The number of hydrogen-bond acceptors (Lipinski definition) is 2. The fraction of sp³-hybridized carbons (Fsp3) is 1.00. The van der Waals surface area contributed by atoms with Crippen molar-refractivity contribution < 1.29 is 0 Å². The molecule has 0 saturated heterocycles. The first-order valence-corrected chi connectivity index (χ1v) is 5.61. The third-order valence-corrected chi connectivity index (χ3v) is 3.95. The van der Waals surface area contributed by atoms with E-state index in [4.69, 9.17) is 11.5 Å². The standard InChI is InChI=1S/C11H22N2/c1-11(13)6-8-2-4-9(5-3-8)10(12)7-11/h8-10H,2-7,12-13H2,1H3. The van der Waals surface area contributed by atoms with E-state index in [0.29, 0.717) is 6.04 Å². The summed E-state index contributed by atoms with van der Waals surface area (Å²) in [4.78, 5) is 0. The Kier molecular flexibility index (Phi) is 2.37. The summed E-state index contributed by atoms with van der Waals surface area (Å²) in [5.74, 6) is 1.65. The highest BCUT2D eigenvalue weighted by atomic mass is 14.8. The van der Waals surface area contributed by atoms with Crippen LogP contribution in [0.1, 0.15) is 45.4 Å². The molecule has 0 spiro atoms. The maximum Gasteiger partial charge on any atom is 0.0143 e. The quantitative estimate of drug-likeness (QED) is 0.598. The third-order valence-electron chi connectivity index (χ3n) is 3.95. The molecule has 2 unspecified atom stereocenters. The summed E-state index contributed by atoms with van der Waals surface area (Å²) in [6.07, 6.45) is 7.64. The molecule has 3 saturated carbocycles. The van der Waals surface area contributed by atoms with Gasteiger partial charge in [-0.05, 0) is 44.4 Å². The maximum atomic E-state index is 6.24. The van der Waals surface area contributed by atoms with Gasteiger partial charge < -0.3 is 11.5 Å². The largest absolute Gasteiger partial charge is 0.327 e. The second-order valence-corrected chi connectivity index (χ2v) is 5.51. The van der Waals surface area contributed by atoms with Crippen LogP contribution in [0.2, 0.25) is 0 Å². The molecule has 76 valence electrons. The summed E-state index contributed by atoms with van der Waals surface area (Å²) in [5, 5.41) is 0. The Morgan fingerprint density at radius 1 is 1.08 bits per heavy atom. The van der Waals surface area contributed by atoms with Crippen molar-refractivity contribution in [2.24, 2.45) is 23.3 Å². The van der Waals surface area contributed by atoms with Gasteiger partial charge in [-0.2, -0.15) is 0 Å². The van der Waals surface area contributed by atoms with Crippen LogP contribution >= 0.6 is 0 Å². The Balaban J connectivity index is 2.11. The molecule has 0 aromatic carbocycles. The molecule has 2 bridgehead atoms. The molecule has 0 amide bonds. The summed E-state index contributed by atoms with van der Waals surface area (Å²) in [5.41, 5.74) is 12.4. The zero-order chi connectivity index (χ0) is 9.47. The van der Waals surface area contributed by atoms with Crippen molar-refractivity contribution in [2.75, 3.05) is 0 Å². The first-order chi connectivity index (χ1) is 6.07. The highest BCUT2D eigenvalue weighted by Gasteiger charge is 2.36. The average Bonchev–Trinajstić information content (AvgIpc) is 2.01. The van der Waals surface area contributed by atoms with Crippen LogP contribution in [-0.2, 0) is 0 Å². The molecule has 0 heterocycles. The molecule has 4 N–H and O–H groups in total. The van der Waals surface area contributed by atoms with Crippen molar-refractivity contribution in [3.8, 4) is 0 Å². The predicted molar refractivity (Wildman–Crippen MR) is 55.2 cm³/mol. The lowest BCUT2D eigenvalue weighted by molar-refractivity contribution is 0.146. The summed E-state index contributed by atoms with van der Waals surface area (Å²) in [6.45, 7) is 2.17. The van der Waals surface area contributed by atoms with Gasteiger partial charge in [-0.25, -0.2) is 0 Å². The van der Waals surface area contributed by atoms with Crippen LogP contribution in [-0.4, -0.2) is 11.6 Å². The highest BCUT2D eigenvalue weighted by Crippen LogP contribution is 2.39. The van der Waals surface area contributed by atoms with Crippen LogP contribution < -0.4 is 11.5 Å². The second kappa shape index (κ2) is 3.25.